The molecule has 1 heterocycles. The van der Waals surface area contributed by atoms with E-state index in [4.69, 9.17) is 16.3 Å². The molecule has 0 saturated heterocycles. The van der Waals surface area contributed by atoms with Crippen LogP contribution < -0.4 is 0 Å². The monoisotopic (exact) mass is 280 g/mol. The molecule has 2 rings (SSSR count). The van der Waals surface area contributed by atoms with Crippen molar-refractivity contribution in [3.05, 3.63) is 29.0 Å². The molecule has 0 aliphatic heterocycles. The predicted octanol–water partition coefficient (Wildman–Crippen LogP) is 3.28. The number of ether oxygens (including phenoxy) is 1. The van der Waals surface area contributed by atoms with Gasteiger partial charge in [-0.2, -0.15) is 0 Å². The molecule has 4 nitrogen and oxygen atoms in total. The molecule has 0 aliphatic carbocycles. The highest BCUT2D eigenvalue weighted by Gasteiger charge is 2.25. The van der Waals surface area contributed by atoms with E-state index in [-0.39, 0.29) is 11.9 Å². The summed E-state index contributed by atoms with van der Waals surface area (Å²) in [6.45, 7) is 4.14. The summed E-state index contributed by atoms with van der Waals surface area (Å²) in [5.41, 5.74) is 1.76. The van der Waals surface area contributed by atoms with Crippen molar-refractivity contribution < 1.29 is 9.53 Å². The van der Waals surface area contributed by atoms with E-state index in [0.717, 1.165) is 16.9 Å². The third-order valence-corrected chi connectivity index (χ3v) is 3.40. The molecule has 19 heavy (non-hydrogen) atoms. The standard InChI is InChI=1S/C14H17ClN2O2/c1-4-10(14(18)19-5-2)13-16-11-7-6-9(15)8-12(11)17(13)3/h6-8,10H,4-5H2,1-3H3. The van der Waals surface area contributed by atoms with Crippen molar-refractivity contribution in [1.82, 2.24) is 9.55 Å². The Balaban J connectivity index is 2.49. The summed E-state index contributed by atoms with van der Waals surface area (Å²) in [4.78, 5) is 16.5. The average molecular weight is 281 g/mol. The predicted molar refractivity (Wildman–Crippen MR) is 75.4 cm³/mol. The first kappa shape index (κ1) is 13.9. The lowest BCUT2D eigenvalue weighted by molar-refractivity contribution is -0.145. The molecule has 1 aromatic heterocycles. The second-order valence-electron chi connectivity index (χ2n) is 4.37. The molecule has 0 saturated carbocycles. The van der Waals surface area contributed by atoms with Crippen molar-refractivity contribution in [3.63, 3.8) is 0 Å². The Morgan fingerprint density at radius 1 is 1.47 bits per heavy atom. The molecule has 0 amide bonds. The summed E-state index contributed by atoms with van der Waals surface area (Å²) >= 11 is 5.99. The maximum atomic E-state index is 12.0. The Labute approximate surface area is 117 Å². The van der Waals surface area contributed by atoms with Crippen LogP contribution in [-0.4, -0.2) is 22.1 Å². The Morgan fingerprint density at radius 3 is 2.84 bits per heavy atom. The van der Waals surface area contributed by atoms with Crippen LogP contribution in [0.4, 0.5) is 0 Å². The number of benzene rings is 1. The maximum absolute atomic E-state index is 12.0. The van der Waals surface area contributed by atoms with E-state index in [0.29, 0.717) is 18.1 Å². The summed E-state index contributed by atoms with van der Waals surface area (Å²) < 4.78 is 7.01. The molecule has 0 fully saturated rings. The summed E-state index contributed by atoms with van der Waals surface area (Å²) in [5, 5.41) is 0.659. The third-order valence-electron chi connectivity index (χ3n) is 3.17. The summed E-state index contributed by atoms with van der Waals surface area (Å²) in [5.74, 6) is 0.156. The number of hydrogen-bond acceptors (Lipinski definition) is 3. The second kappa shape index (κ2) is 5.61. The van der Waals surface area contributed by atoms with Gasteiger partial charge < -0.3 is 9.30 Å². The fourth-order valence-corrected chi connectivity index (χ4v) is 2.36. The highest BCUT2D eigenvalue weighted by atomic mass is 35.5. The largest absolute Gasteiger partial charge is 0.465 e. The number of hydrogen-bond donors (Lipinski definition) is 0. The number of nitrogens with zero attached hydrogens (tertiary/aromatic N) is 2. The van der Waals surface area contributed by atoms with Crippen LogP contribution in [0.3, 0.4) is 0 Å². The summed E-state index contributed by atoms with van der Waals surface area (Å²) in [6, 6.07) is 5.51. The van der Waals surface area contributed by atoms with E-state index >= 15 is 0 Å². The van der Waals surface area contributed by atoms with Crippen LogP contribution in [0.5, 0.6) is 0 Å². The number of fused-ring (bicyclic) bond motifs is 1. The first-order valence-corrected chi connectivity index (χ1v) is 6.74. The number of rotatable bonds is 4. The highest BCUT2D eigenvalue weighted by molar-refractivity contribution is 6.31. The van der Waals surface area contributed by atoms with Crippen molar-refractivity contribution in [2.45, 2.75) is 26.2 Å². The summed E-state index contributed by atoms with van der Waals surface area (Å²) in [7, 11) is 1.89. The van der Waals surface area contributed by atoms with Gasteiger partial charge in [0.1, 0.15) is 11.7 Å². The van der Waals surface area contributed by atoms with Crippen molar-refractivity contribution in [2.75, 3.05) is 6.61 Å². The number of aryl methyl sites for hydroxylation is 1. The molecular formula is C14H17ClN2O2. The summed E-state index contributed by atoms with van der Waals surface area (Å²) in [6.07, 6.45) is 0.656. The number of carbonyl (C=O) groups is 1. The molecule has 1 unspecified atom stereocenters. The van der Waals surface area contributed by atoms with Crippen LogP contribution in [-0.2, 0) is 16.6 Å². The quantitative estimate of drug-likeness (QED) is 0.807. The van der Waals surface area contributed by atoms with Crippen LogP contribution in [0.2, 0.25) is 5.02 Å². The highest BCUT2D eigenvalue weighted by Crippen LogP contribution is 2.26. The zero-order valence-corrected chi connectivity index (χ0v) is 12.1. The van der Waals surface area contributed by atoms with Crippen LogP contribution >= 0.6 is 11.6 Å². The van der Waals surface area contributed by atoms with Gasteiger partial charge in [0.05, 0.1) is 17.6 Å². The minimum atomic E-state index is -0.337. The zero-order chi connectivity index (χ0) is 14.0. The average Bonchev–Trinajstić information content (AvgIpc) is 2.69. The van der Waals surface area contributed by atoms with E-state index in [1.807, 2.05) is 30.7 Å². The lowest BCUT2D eigenvalue weighted by Crippen LogP contribution is -2.18. The van der Waals surface area contributed by atoms with Gasteiger partial charge >= 0.3 is 5.97 Å². The topological polar surface area (TPSA) is 44.1 Å². The van der Waals surface area contributed by atoms with Crippen molar-refractivity contribution in [3.8, 4) is 0 Å². The zero-order valence-electron chi connectivity index (χ0n) is 11.3. The van der Waals surface area contributed by atoms with E-state index in [9.17, 15) is 4.79 Å². The first-order chi connectivity index (χ1) is 9.08. The van der Waals surface area contributed by atoms with E-state index in [1.165, 1.54) is 0 Å². The minimum Gasteiger partial charge on any atom is -0.465 e. The van der Waals surface area contributed by atoms with E-state index in [1.54, 1.807) is 13.0 Å². The first-order valence-electron chi connectivity index (χ1n) is 6.37. The fourth-order valence-electron chi connectivity index (χ4n) is 2.19. The van der Waals surface area contributed by atoms with Crippen molar-refractivity contribution in [2.24, 2.45) is 7.05 Å². The molecule has 1 aromatic carbocycles. The van der Waals surface area contributed by atoms with Crippen LogP contribution in [0.25, 0.3) is 11.0 Å². The smallest absolute Gasteiger partial charge is 0.316 e. The van der Waals surface area contributed by atoms with Gasteiger partial charge in [-0.1, -0.05) is 18.5 Å². The number of carbonyl (C=O) groups excluding carboxylic acids is 1. The Kier molecular flexibility index (Phi) is 4.10. The Morgan fingerprint density at radius 2 is 2.21 bits per heavy atom. The molecular weight excluding hydrogens is 264 g/mol. The van der Waals surface area contributed by atoms with Gasteiger partial charge in [-0.05, 0) is 31.5 Å². The van der Waals surface area contributed by atoms with Crippen LogP contribution in [0, 0.1) is 0 Å². The van der Waals surface area contributed by atoms with Gasteiger partial charge in [-0.3, -0.25) is 4.79 Å². The van der Waals surface area contributed by atoms with Gasteiger partial charge in [0.25, 0.3) is 0 Å². The minimum absolute atomic E-state index is 0.227. The number of aromatic nitrogens is 2. The lowest BCUT2D eigenvalue weighted by atomic mass is 10.1. The molecule has 0 bridgehead atoms. The Hall–Kier alpha value is -1.55. The second-order valence-corrected chi connectivity index (χ2v) is 4.81. The van der Waals surface area contributed by atoms with Gasteiger partial charge in [-0.15, -0.1) is 0 Å². The van der Waals surface area contributed by atoms with Crippen molar-refractivity contribution in [1.29, 1.82) is 0 Å². The number of esters is 1. The van der Waals surface area contributed by atoms with Crippen LogP contribution in [0.1, 0.15) is 32.0 Å². The van der Waals surface area contributed by atoms with Crippen LogP contribution in [0.15, 0.2) is 18.2 Å². The SMILES string of the molecule is CCOC(=O)C(CC)c1nc2ccc(Cl)cc2n1C. The Bertz CT molecular complexity index is 607. The molecule has 0 aliphatic rings. The van der Waals surface area contributed by atoms with Gasteiger partial charge in [0.15, 0.2) is 0 Å². The van der Waals surface area contributed by atoms with Crippen molar-refractivity contribution >= 4 is 28.6 Å². The third kappa shape index (κ3) is 2.59. The normalized spacial score (nSPS) is 12.6. The van der Waals surface area contributed by atoms with Gasteiger partial charge in [0, 0.05) is 12.1 Å². The lowest BCUT2D eigenvalue weighted by Gasteiger charge is -2.13. The molecule has 0 radical (unpaired) electrons. The number of imidazole rings is 1. The van der Waals surface area contributed by atoms with Gasteiger partial charge in [-0.25, -0.2) is 4.98 Å². The molecule has 1 atom stereocenters. The molecule has 5 heteroatoms. The van der Waals surface area contributed by atoms with Gasteiger partial charge in [0.2, 0.25) is 0 Å². The maximum Gasteiger partial charge on any atom is 0.316 e. The molecule has 0 spiro atoms. The molecule has 2 aromatic rings. The number of halogens is 1. The van der Waals surface area contributed by atoms with E-state index < -0.39 is 0 Å². The fraction of sp³-hybridized carbons (Fsp3) is 0.429. The molecule has 102 valence electrons. The molecule has 0 N–H and O–H groups in total. The van der Waals surface area contributed by atoms with E-state index in [2.05, 4.69) is 4.98 Å².